The lowest BCUT2D eigenvalue weighted by Crippen LogP contribution is -1.97. The van der Waals surface area contributed by atoms with E-state index < -0.39 is 0 Å². The first-order valence-electron chi connectivity index (χ1n) is 7.29. The van der Waals surface area contributed by atoms with Crippen LogP contribution in [0, 0.1) is 0 Å². The van der Waals surface area contributed by atoms with Crippen LogP contribution in [0.4, 0.5) is 0 Å². The van der Waals surface area contributed by atoms with Gasteiger partial charge in [0.1, 0.15) is 0 Å². The number of benzene rings is 2. The molecule has 0 spiro atoms. The van der Waals surface area contributed by atoms with Crippen LogP contribution in [-0.4, -0.2) is 39.6 Å². The first-order chi connectivity index (χ1) is 12.1. The number of rotatable bonds is 5. The number of hydrogen-bond acceptors (Lipinski definition) is 6. The Morgan fingerprint density at radius 3 is 2.68 bits per heavy atom. The molecule has 25 heavy (non-hydrogen) atoms. The molecule has 0 bridgehead atoms. The van der Waals surface area contributed by atoms with E-state index in [1.54, 1.807) is 10.7 Å². The SMILES string of the molecule is COc1cc(Cl)cc(/C=N\n2c(SC)nnc2-c2ccccc2)c1O. The highest BCUT2D eigenvalue weighted by atomic mass is 35.5. The van der Waals surface area contributed by atoms with Crippen molar-refractivity contribution < 1.29 is 9.84 Å². The van der Waals surface area contributed by atoms with E-state index in [0.29, 0.717) is 21.6 Å². The van der Waals surface area contributed by atoms with Gasteiger partial charge in [0.05, 0.1) is 13.3 Å². The molecule has 128 valence electrons. The third kappa shape index (κ3) is 3.62. The molecule has 0 atom stereocenters. The van der Waals surface area contributed by atoms with Crippen LogP contribution in [0.5, 0.6) is 11.5 Å². The van der Waals surface area contributed by atoms with Gasteiger partial charge in [0.15, 0.2) is 17.3 Å². The summed E-state index contributed by atoms with van der Waals surface area (Å²) < 4.78 is 6.73. The maximum atomic E-state index is 10.2. The van der Waals surface area contributed by atoms with Gasteiger partial charge in [0.2, 0.25) is 5.16 Å². The van der Waals surface area contributed by atoms with Crippen molar-refractivity contribution >= 4 is 29.6 Å². The third-order valence-corrected chi connectivity index (χ3v) is 4.27. The number of aromatic hydroxyl groups is 1. The molecule has 0 aliphatic heterocycles. The van der Waals surface area contributed by atoms with Crippen LogP contribution in [0.1, 0.15) is 5.56 Å². The Balaban J connectivity index is 2.05. The number of ether oxygens (including phenoxy) is 1. The largest absolute Gasteiger partial charge is 0.504 e. The van der Waals surface area contributed by atoms with Gasteiger partial charge in [-0.15, -0.1) is 10.2 Å². The highest BCUT2D eigenvalue weighted by molar-refractivity contribution is 7.98. The van der Waals surface area contributed by atoms with Gasteiger partial charge in [-0.25, -0.2) is 0 Å². The molecule has 1 N–H and O–H groups in total. The monoisotopic (exact) mass is 374 g/mol. The second kappa shape index (κ2) is 7.58. The Morgan fingerprint density at radius 1 is 1.24 bits per heavy atom. The molecular weight excluding hydrogens is 360 g/mol. The van der Waals surface area contributed by atoms with E-state index in [9.17, 15) is 5.11 Å². The minimum absolute atomic E-state index is 0.0318. The Morgan fingerprint density at radius 2 is 2.00 bits per heavy atom. The molecule has 0 aliphatic carbocycles. The lowest BCUT2D eigenvalue weighted by Gasteiger charge is -2.07. The fraction of sp³-hybridized carbons (Fsp3) is 0.118. The van der Waals surface area contributed by atoms with E-state index in [1.165, 1.54) is 31.2 Å². The average Bonchev–Trinajstić information content (AvgIpc) is 3.05. The van der Waals surface area contributed by atoms with E-state index in [2.05, 4.69) is 15.3 Å². The summed E-state index contributed by atoms with van der Waals surface area (Å²) in [6.45, 7) is 0. The maximum Gasteiger partial charge on any atom is 0.212 e. The van der Waals surface area contributed by atoms with E-state index >= 15 is 0 Å². The van der Waals surface area contributed by atoms with Crippen molar-refractivity contribution in [2.24, 2.45) is 5.10 Å². The molecule has 2 aromatic carbocycles. The molecule has 1 heterocycles. The van der Waals surface area contributed by atoms with Crippen molar-refractivity contribution in [1.29, 1.82) is 0 Å². The summed E-state index contributed by atoms with van der Waals surface area (Å²) in [4.78, 5) is 0. The molecule has 1 aromatic heterocycles. The fourth-order valence-electron chi connectivity index (χ4n) is 2.23. The molecule has 8 heteroatoms. The summed E-state index contributed by atoms with van der Waals surface area (Å²) in [5.74, 6) is 0.858. The maximum absolute atomic E-state index is 10.2. The van der Waals surface area contributed by atoms with Crippen molar-refractivity contribution in [2.45, 2.75) is 5.16 Å². The Labute approximate surface area is 154 Å². The van der Waals surface area contributed by atoms with Gasteiger partial charge in [-0.3, -0.25) is 0 Å². The number of nitrogens with zero attached hydrogens (tertiary/aromatic N) is 4. The number of thioether (sulfide) groups is 1. The molecule has 3 aromatic rings. The summed E-state index contributed by atoms with van der Waals surface area (Å²) in [6.07, 6.45) is 3.39. The number of phenols is 1. The minimum Gasteiger partial charge on any atom is -0.504 e. The van der Waals surface area contributed by atoms with Crippen molar-refractivity contribution in [2.75, 3.05) is 13.4 Å². The molecule has 0 unspecified atom stereocenters. The molecule has 3 rings (SSSR count). The summed E-state index contributed by atoms with van der Waals surface area (Å²) in [6, 6.07) is 12.8. The van der Waals surface area contributed by atoms with E-state index in [1.807, 2.05) is 36.6 Å². The molecule has 6 nitrogen and oxygen atoms in total. The third-order valence-electron chi connectivity index (χ3n) is 3.43. The summed E-state index contributed by atoms with van der Waals surface area (Å²) in [7, 11) is 1.46. The van der Waals surface area contributed by atoms with Crippen LogP contribution in [0.25, 0.3) is 11.4 Å². The predicted molar refractivity (Wildman–Crippen MR) is 99.9 cm³/mol. The zero-order chi connectivity index (χ0) is 17.8. The number of phenolic OH excluding ortho intramolecular Hbond substituents is 1. The second-order valence-corrected chi connectivity index (χ2v) is 6.19. The Kier molecular flexibility index (Phi) is 5.25. The minimum atomic E-state index is -0.0318. The smallest absolute Gasteiger partial charge is 0.212 e. The average molecular weight is 375 g/mol. The molecular formula is C17H15ClN4O2S. The van der Waals surface area contributed by atoms with Gasteiger partial charge < -0.3 is 9.84 Å². The van der Waals surface area contributed by atoms with E-state index in [4.69, 9.17) is 16.3 Å². The summed E-state index contributed by atoms with van der Waals surface area (Å²) >= 11 is 7.48. The fourth-order valence-corrected chi connectivity index (χ4v) is 2.88. The van der Waals surface area contributed by atoms with E-state index in [0.717, 1.165) is 5.56 Å². The molecule has 0 saturated heterocycles. The number of methoxy groups -OCH3 is 1. The lowest BCUT2D eigenvalue weighted by atomic mass is 10.2. The van der Waals surface area contributed by atoms with Crippen LogP contribution in [0.3, 0.4) is 0 Å². The van der Waals surface area contributed by atoms with Crippen LogP contribution in [0.15, 0.2) is 52.7 Å². The van der Waals surface area contributed by atoms with E-state index in [-0.39, 0.29) is 11.5 Å². The van der Waals surface area contributed by atoms with Gasteiger partial charge in [0.25, 0.3) is 0 Å². The van der Waals surface area contributed by atoms with Gasteiger partial charge in [-0.2, -0.15) is 9.78 Å². The summed E-state index contributed by atoms with van der Waals surface area (Å²) in [5.41, 5.74) is 1.32. The highest BCUT2D eigenvalue weighted by Crippen LogP contribution is 2.32. The number of hydrogen-bond donors (Lipinski definition) is 1. The zero-order valence-electron chi connectivity index (χ0n) is 13.5. The lowest BCUT2D eigenvalue weighted by molar-refractivity contribution is 0.373. The van der Waals surface area contributed by atoms with Crippen molar-refractivity contribution in [3.05, 3.63) is 53.1 Å². The number of aromatic nitrogens is 3. The first-order valence-corrected chi connectivity index (χ1v) is 8.90. The van der Waals surface area contributed by atoms with Crippen molar-refractivity contribution in [1.82, 2.24) is 14.9 Å². The van der Waals surface area contributed by atoms with Crippen molar-refractivity contribution in [3.63, 3.8) is 0 Å². The second-order valence-electron chi connectivity index (χ2n) is 4.98. The molecule has 0 amide bonds. The zero-order valence-corrected chi connectivity index (χ0v) is 15.1. The van der Waals surface area contributed by atoms with Gasteiger partial charge in [-0.1, -0.05) is 53.7 Å². The Bertz CT molecular complexity index is 913. The quantitative estimate of drug-likeness (QED) is 0.541. The van der Waals surface area contributed by atoms with Crippen molar-refractivity contribution in [3.8, 4) is 22.9 Å². The van der Waals surface area contributed by atoms with Crippen LogP contribution in [0.2, 0.25) is 5.02 Å². The topological polar surface area (TPSA) is 72.5 Å². The molecule has 0 aliphatic rings. The highest BCUT2D eigenvalue weighted by Gasteiger charge is 2.13. The number of halogens is 1. The van der Waals surface area contributed by atoms with Gasteiger partial charge in [0, 0.05) is 22.2 Å². The van der Waals surface area contributed by atoms with Gasteiger partial charge >= 0.3 is 0 Å². The van der Waals surface area contributed by atoms with Gasteiger partial charge in [-0.05, 0) is 12.3 Å². The summed E-state index contributed by atoms with van der Waals surface area (Å²) in [5, 5.41) is 24.1. The van der Waals surface area contributed by atoms with Crippen LogP contribution < -0.4 is 4.74 Å². The Hall–Kier alpha value is -2.51. The standard InChI is InChI=1S/C17H15ClN4O2S/c1-24-14-9-13(18)8-12(15(14)23)10-19-22-16(20-21-17(22)25-2)11-6-4-3-5-7-11/h3-10,23H,1-2H3/b19-10-. The molecule has 0 saturated carbocycles. The first kappa shape index (κ1) is 17.3. The normalized spacial score (nSPS) is 11.2. The predicted octanol–water partition coefficient (Wildman–Crippen LogP) is 3.92. The van der Waals surface area contributed by atoms with Crippen LogP contribution >= 0.6 is 23.4 Å². The van der Waals surface area contributed by atoms with Crippen LogP contribution in [-0.2, 0) is 0 Å². The molecule has 0 fully saturated rings. The molecule has 0 radical (unpaired) electrons.